The Kier molecular flexibility index (Phi) is 4.86. The number of hydrogen-bond donors (Lipinski definition) is 0. The summed E-state index contributed by atoms with van der Waals surface area (Å²) in [6.45, 7) is 0. The lowest BCUT2D eigenvalue weighted by molar-refractivity contribution is 0.145. The van der Waals surface area contributed by atoms with Crippen molar-refractivity contribution < 1.29 is 8.78 Å². The average molecular weight is 387 g/mol. The van der Waals surface area contributed by atoms with Crippen LogP contribution in [0.15, 0.2) is 6.07 Å². The van der Waals surface area contributed by atoms with Gasteiger partial charge in [-0.3, -0.25) is 0 Å². The molecule has 0 aliphatic heterocycles. The molecule has 0 aliphatic rings. The lowest BCUT2D eigenvalue weighted by Crippen LogP contribution is -2.03. The molecule has 0 N–H and O–H groups in total. The van der Waals surface area contributed by atoms with Gasteiger partial charge in [0, 0.05) is 5.33 Å². The van der Waals surface area contributed by atoms with E-state index in [1.54, 1.807) is 6.07 Å². The Balaban J connectivity index is 3.33. The van der Waals surface area contributed by atoms with Crippen molar-refractivity contribution in [3.63, 3.8) is 0 Å². The minimum Gasteiger partial charge on any atom is -0.241 e. The van der Waals surface area contributed by atoms with E-state index in [1.807, 2.05) is 28.7 Å². The molecular weight excluding hydrogens is 381 g/mol. The topological polar surface area (TPSA) is 36.7 Å². The second kappa shape index (κ2) is 5.70. The van der Waals surface area contributed by atoms with Crippen LogP contribution < -0.4 is 0 Å². The van der Waals surface area contributed by atoms with E-state index in [1.165, 1.54) is 0 Å². The average Bonchev–Trinajstić information content (AvgIpc) is 2.17. The largest absolute Gasteiger partial charge is 0.280 e. The monoisotopic (exact) mass is 386 g/mol. The van der Waals surface area contributed by atoms with Gasteiger partial charge in [-0.2, -0.15) is 5.26 Å². The number of halogens is 4. The molecule has 1 aromatic heterocycles. The summed E-state index contributed by atoms with van der Waals surface area (Å²) in [4.78, 5) is 3.78. The van der Waals surface area contributed by atoms with Crippen molar-refractivity contribution in [3.05, 3.63) is 26.6 Å². The highest BCUT2D eigenvalue weighted by Crippen LogP contribution is 2.27. The van der Waals surface area contributed by atoms with Crippen LogP contribution in [0.5, 0.6) is 0 Å². The van der Waals surface area contributed by atoms with E-state index in [9.17, 15) is 8.78 Å². The van der Waals surface area contributed by atoms with Gasteiger partial charge in [0.15, 0.2) is 0 Å². The first-order chi connectivity index (χ1) is 7.10. The number of pyridine rings is 1. The molecular formula is C9H6BrF2IN2. The van der Waals surface area contributed by atoms with Crippen LogP contribution in [0.2, 0.25) is 0 Å². The van der Waals surface area contributed by atoms with Gasteiger partial charge in [0.2, 0.25) is 0 Å². The predicted molar refractivity (Wildman–Crippen MR) is 63.9 cm³/mol. The van der Waals surface area contributed by atoms with Crippen LogP contribution in [0.3, 0.4) is 0 Å². The zero-order valence-corrected chi connectivity index (χ0v) is 11.2. The zero-order valence-electron chi connectivity index (χ0n) is 7.48. The van der Waals surface area contributed by atoms with Crippen LogP contribution >= 0.6 is 38.5 Å². The SMILES string of the molecule is N#CCc1cc(I)nc(C(F)F)c1CBr. The zero-order chi connectivity index (χ0) is 11.4. The second-order valence-electron chi connectivity index (χ2n) is 2.74. The molecule has 0 fully saturated rings. The van der Waals surface area contributed by atoms with Crippen LogP contribution in [0, 0.1) is 15.0 Å². The molecule has 80 valence electrons. The highest BCUT2D eigenvalue weighted by molar-refractivity contribution is 14.1. The Bertz CT molecular complexity index is 404. The van der Waals surface area contributed by atoms with Gasteiger partial charge in [-0.25, -0.2) is 13.8 Å². The summed E-state index contributed by atoms with van der Waals surface area (Å²) >= 11 is 5.00. The maximum atomic E-state index is 12.6. The van der Waals surface area contributed by atoms with Crippen molar-refractivity contribution in [1.82, 2.24) is 4.98 Å². The lowest BCUT2D eigenvalue weighted by Gasteiger charge is -2.10. The Morgan fingerprint density at radius 3 is 2.73 bits per heavy atom. The van der Waals surface area contributed by atoms with Crippen LogP contribution in [-0.2, 0) is 11.8 Å². The summed E-state index contributed by atoms with van der Waals surface area (Å²) in [6.07, 6.45) is -2.48. The number of rotatable bonds is 3. The molecule has 0 bridgehead atoms. The van der Waals surface area contributed by atoms with Crippen LogP contribution in [0.4, 0.5) is 8.78 Å². The van der Waals surface area contributed by atoms with E-state index >= 15 is 0 Å². The predicted octanol–water partition coefficient (Wildman–Crippen LogP) is 3.58. The third kappa shape index (κ3) is 3.08. The summed E-state index contributed by atoms with van der Waals surface area (Å²) in [5.41, 5.74) is 0.806. The molecule has 6 heteroatoms. The maximum Gasteiger partial charge on any atom is 0.280 e. The van der Waals surface area contributed by atoms with Gasteiger partial charge in [-0.1, -0.05) is 15.9 Å². The molecule has 0 saturated heterocycles. The van der Waals surface area contributed by atoms with Crippen LogP contribution in [-0.4, -0.2) is 4.98 Å². The minimum absolute atomic E-state index is 0.124. The van der Waals surface area contributed by atoms with Crippen LogP contribution in [0.25, 0.3) is 0 Å². The highest BCUT2D eigenvalue weighted by Gasteiger charge is 2.18. The molecule has 0 aromatic carbocycles. The van der Waals surface area contributed by atoms with Crippen molar-refractivity contribution in [3.8, 4) is 6.07 Å². The number of hydrogen-bond acceptors (Lipinski definition) is 2. The van der Waals surface area contributed by atoms with E-state index in [4.69, 9.17) is 5.26 Å². The van der Waals surface area contributed by atoms with Crippen molar-refractivity contribution in [2.45, 2.75) is 18.2 Å². The summed E-state index contributed by atoms with van der Waals surface area (Å²) < 4.78 is 25.8. The summed E-state index contributed by atoms with van der Waals surface area (Å²) in [7, 11) is 0. The van der Waals surface area contributed by atoms with E-state index in [0.29, 0.717) is 14.8 Å². The molecule has 1 heterocycles. The van der Waals surface area contributed by atoms with Gasteiger partial charge in [0.05, 0.1) is 12.5 Å². The molecule has 1 rings (SSSR count). The van der Waals surface area contributed by atoms with Crippen molar-refractivity contribution in [2.75, 3.05) is 0 Å². The van der Waals surface area contributed by atoms with Gasteiger partial charge in [0.1, 0.15) is 9.39 Å². The van der Waals surface area contributed by atoms with Crippen molar-refractivity contribution in [2.24, 2.45) is 0 Å². The van der Waals surface area contributed by atoms with Crippen molar-refractivity contribution in [1.29, 1.82) is 5.26 Å². The smallest absolute Gasteiger partial charge is 0.241 e. The first kappa shape index (κ1) is 12.8. The van der Waals surface area contributed by atoms with E-state index in [0.717, 1.165) is 0 Å². The van der Waals surface area contributed by atoms with Crippen LogP contribution in [0.1, 0.15) is 23.2 Å². The Morgan fingerprint density at radius 2 is 2.27 bits per heavy atom. The summed E-state index contributed by atoms with van der Waals surface area (Å²) in [6, 6.07) is 3.61. The fourth-order valence-corrected chi connectivity index (χ4v) is 2.47. The maximum absolute atomic E-state index is 12.6. The fourth-order valence-electron chi connectivity index (χ4n) is 1.19. The summed E-state index contributed by atoms with van der Waals surface area (Å²) in [5, 5.41) is 8.87. The molecule has 0 radical (unpaired) electrons. The Hall–Kier alpha value is -0.290. The molecule has 0 spiro atoms. The fraction of sp³-hybridized carbons (Fsp3) is 0.333. The van der Waals surface area contributed by atoms with Gasteiger partial charge in [-0.05, 0) is 39.8 Å². The van der Waals surface area contributed by atoms with E-state index < -0.39 is 6.43 Å². The van der Waals surface area contributed by atoms with E-state index in [2.05, 4.69) is 20.9 Å². The molecule has 0 aliphatic carbocycles. The summed E-state index contributed by atoms with van der Waals surface area (Å²) in [5.74, 6) is 0. The molecule has 0 unspecified atom stereocenters. The Labute approximate surface area is 108 Å². The first-order valence-electron chi connectivity index (χ1n) is 3.99. The van der Waals surface area contributed by atoms with Crippen molar-refractivity contribution >= 4 is 38.5 Å². The van der Waals surface area contributed by atoms with Gasteiger partial charge >= 0.3 is 0 Å². The highest BCUT2D eigenvalue weighted by atomic mass is 127. The Morgan fingerprint density at radius 1 is 1.60 bits per heavy atom. The number of nitriles is 1. The third-order valence-electron chi connectivity index (χ3n) is 1.83. The molecule has 15 heavy (non-hydrogen) atoms. The quantitative estimate of drug-likeness (QED) is 0.452. The second-order valence-corrected chi connectivity index (χ2v) is 4.40. The van der Waals surface area contributed by atoms with Gasteiger partial charge in [-0.15, -0.1) is 0 Å². The lowest BCUT2D eigenvalue weighted by atomic mass is 10.1. The molecule has 0 amide bonds. The molecule has 0 saturated carbocycles. The molecule has 1 aromatic rings. The van der Waals surface area contributed by atoms with Gasteiger partial charge in [0.25, 0.3) is 6.43 Å². The molecule has 2 nitrogen and oxygen atoms in total. The first-order valence-corrected chi connectivity index (χ1v) is 6.19. The standard InChI is InChI=1S/C9H6BrF2IN2/c10-4-6-5(1-2-14)3-7(13)15-8(6)9(11)12/h3,9H,1,4H2. The normalized spacial score (nSPS) is 10.4. The number of alkyl halides is 3. The molecule has 0 atom stereocenters. The number of nitrogens with zero attached hydrogens (tertiary/aromatic N) is 2. The minimum atomic E-state index is -2.61. The number of aromatic nitrogens is 1. The van der Waals surface area contributed by atoms with E-state index in [-0.39, 0.29) is 17.4 Å². The van der Waals surface area contributed by atoms with Gasteiger partial charge < -0.3 is 0 Å². The third-order valence-corrected chi connectivity index (χ3v) is 2.94.